The van der Waals surface area contributed by atoms with Crippen molar-refractivity contribution in [3.8, 4) is 0 Å². The fourth-order valence-electron chi connectivity index (χ4n) is 0.236. The molecule has 0 aromatic rings. The van der Waals surface area contributed by atoms with Gasteiger partial charge in [-0.1, -0.05) is 0 Å². The maximum atomic E-state index is 2.11. The van der Waals surface area contributed by atoms with Gasteiger partial charge in [0, 0.05) is 10.2 Å². The molecule has 0 spiro atoms. The molecule has 0 rings (SSSR count). The Kier molecular flexibility index (Phi) is 23.4. The molecule has 0 aliphatic rings. The molecule has 0 bridgehead atoms. The van der Waals surface area contributed by atoms with Gasteiger partial charge in [-0.15, -0.1) is 0 Å². The highest BCUT2D eigenvalue weighted by molar-refractivity contribution is 8.15. The number of rotatable bonds is 4. The van der Waals surface area contributed by atoms with E-state index in [0.717, 1.165) is 0 Å². The van der Waals surface area contributed by atoms with Crippen LogP contribution in [0.1, 0.15) is 0 Å². The van der Waals surface area contributed by atoms with Gasteiger partial charge in [-0.05, 0) is 25.0 Å². The van der Waals surface area contributed by atoms with E-state index in [1.54, 1.807) is 0 Å². The van der Waals surface area contributed by atoms with Gasteiger partial charge in [0.1, 0.15) is 0 Å². The summed E-state index contributed by atoms with van der Waals surface area (Å²) in [6.07, 6.45) is 8.43. The lowest BCUT2D eigenvalue weighted by atomic mass is 11.9. The van der Waals surface area contributed by atoms with Crippen LogP contribution in [0.3, 0.4) is 0 Å². The molecule has 0 fully saturated rings. The predicted octanol–water partition coefficient (Wildman–Crippen LogP) is 3.34. The first kappa shape index (κ1) is 14.0. The van der Waals surface area contributed by atoms with Gasteiger partial charge in [-0.2, -0.15) is 47.0 Å². The predicted molar refractivity (Wildman–Crippen MR) is 63.8 cm³/mol. The minimum absolute atomic E-state index is 1.22. The molecule has 0 nitrogen and oxygen atoms in total. The largest absolute Gasteiger partial charge is 0.155 e. The van der Waals surface area contributed by atoms with Crippen molar-refractivity contribution in [2.24, 2.45) is 0 Å². The Morgan fingerprint density at radius 2 is 0.800 bits per heavy atom. The van der Waals surface area contributed by atoms with E-state index < -0.39 is 0 Å². The van der Waals surface area contributed by atoms with Crippen molar-refractivity contribution in [1.82, 2.24) is 0 Å². The van der Waals surface area contributed by atoms with Crippen LogP contribution in [0.2, 0.25) is 0 Å². The molecular formula is C6H16S4. The number of hydrogen-bond donors (Lipinski definition) is 0. The van der Waals surface area contributed by atoms with Crippen LogP contribution in [-0.4, -0.2) is 35.2 Å². The van der Waals surface area contributed by atoms with Gasteiger partial charge in [0.2, 0.25) is 0 Å². The average molecular weight is 216 g/mol. The SMILES string of the molecule is CSCSC.CSCSC. The average Bonchev–Trinajstić information content (AvgIpc) is 1.93. The highest BCUT2D eigenvalue weighted by atomic mass is 32.2. The summed E-state index contributed by atoms with van der Waals surface area (Å²) < 4.78 is 0. The highest BCUT2D eigenvalue weighted by Crippen LogP contribution is 2.01. The molecule has 0 saturated heterocycles. The van der Waals surface area contributed by atoms with E-state index in [9.17, 15) is 0 Å². The third-order valence-electron chi connectivity index (χ3n) is 0.471. The van der Waals surface area contributed by atoms with Gasteiger partial charge in [-0.25, -0.2) is 0 Å². The molecule has 0 unspecified atom stereocenters. The minimum Gasteiger partial charge on any atom is -0.155 e. The molecule has 0 aliphatic carbocycles. The highest BCUT2D eigenvalue weighted by Gasteiger charge is 1.67. The molecule has 0 heterocycles. The summed E-state index contributed by atoms with van der Waals surface area (Å²) in [5, 5.41) is 2.44. The number of thioether (sulfide) groups is 4. The van der Waals surface area contributed by atoms with Gasteiger partial charge in [0.05, 0.1) is 0 Å². The van der Waals surface area contributed by atoms with E-state index in [-0.39, 0.29) is 0 Å². The Morgan fingerprint density at radius 3 is 0.800 bits per heavy atom. The van der Waals surface area contributed by atoms with Crippen molar-refractivity contribution < 1.29 is 0 Å². The summed E-state index contributed by atoms with van der Waals surface area (Å²) in [4.78, 5) is 0. The molecule has 0 atom stereocenters. The van der Waals surface area contributed by atoms with Crippen LogP contribution in [0.5, 0.6) is 0 Å². The zero-order valence-electron chi connectivity index (χ0n) is 7.05. The molecule has 10 heavy (non-hydrogen) atoms. The second kappa shape index (κ2) is 16.8. The van der Waals surface area contributed by atoms with Crippen LogP contribution in [-0.2, 0) is 0 Å². The summed E-state index contributed by atoms with van der Waals surface area (Å²) in [6.45, 7) is 0. The quantitative estimate of drug-likeness (QED) is 0.661. The molecule has 0 aliphatic heterocycles. The summed E-state index contributed by atoms with van der Waals surface area (Å²) in [6, 6.07) is 0. The Morgan fingerprint density at radius 1 is 0.600 bits per heavy atom. The summed E-state index contributed by atoms with van der Waals surface area (Å²) in [5.74, 6) is 0. The second-order valence-electron chi connectivity index (χ2n) is 1.39. The number of hydrogen-bond acceptors (Lipinski definition) is 4. The Labute approximate surface area is 82.1 Å². The molecule has 0 saturated carbocycles. The van der Waals surface area contributed by atoms with E-state index in [0.29, 0.717) is 0 Å². The van der Waals surface area contributed by atoms with Crippen molar-refractivity contribution in [2.45, 2.75) is 0 Å². The van der Waals surface area contributed by atoms with Crippen LogP contribution in [0.15, 0.2) is 0 Å². The summed E-state index contributed by atoms with van der Waals surface area (Å²) >= 11 is 7.46. The summed E-state index contributed by atoms with van der Waals surface area (Å²) in [5.41, 5.74) is 0. The molecule has 4 heteroatoms. The smallest absolute Gasteiger partial charge is 0.0386 e. The Balaban J connectivity index is 0. The van der Waals surface area contributed by atoms with Crippen LogP contribution < -0.4 is 0 Å². The molecule has 0 N–H and O–H groups in total. The normalized spacial score (nSPS) is 8.40. The van der Waals surface area contributed by atoms with Crippen molar-refractivity contribution in [1.29, 1.82) is 0 Å². The van der Waals surface area contributed by atoms with Crippen LogP contribution in [0.4, 0.5) is 0 Å². The fraction of sp³-hybridized carbons (Fsp3) is 1.00. The van der Waals surface area contributed by atoms with Gasteiger partial charge in [0.15, 0.2) is 0 Å². The van der Waals surface area contributed by atoms with Gasteiger partial charge < -0.3 is 0 Å². The van der Waals surface area contributed by atoms with E-state index in [1.807, 2.05) is 47.0 Å². The Hall–Kier alpha value is 1.40. The zero-order chi connectivity index (χ0) is 8.24. The van der Waals surface area contributed by atoms with Crippen LogP contribution >= 0.6 is 47.0 Å². The van der Waals surface area contributed by atoms with Crippen LogP contribution in [0.25, 0.3) is 0 Å². The van der Waals surface area contributed by atoms with Gasteiger partial charge in [0.25, 0.3) is 0 Å². The van der Waals surface area contributed by atoms with Crippen molar-refractivity contribution in [3.63, 3.8) is 0 Å². The fourth-order valence-corrected chi connectivity index (χ4v) is 2.12. The zero-order valence-corrected chi connectivity index (χ0v) is 10.3. The lowest BCUT2D eigenvalue weighted by molar-refractivity contribution is 2.20. The van der Waals surface area contributed by atoms with E-state index >= 15 is 0 Å². The first-order valence-corrected chi connectivity index (χ1v) is 8.36. The molecule has 0 radical (unpaired) electrons. The first-order chi connectivity index (χ1) is 4.83. The molecule has 64 valence electrons. The maximum Gasteiger partial charge on any atom is 0.0386 e. The van der Waals surface area contributed by atoms with Gasteiger partial charge in [-0.3, -0.25) is 0 Å². The standard InChI is InChI=1S/2C3H8S2/c2*1-4-3-5-2/h2*3H2,1-2H3. The van der Waals surface area contributed by atoms with Crippen molar-refractivity contribution >= 4 is 47.0 Å². The van der Waals surface area contributed by atoms with Gasteiger partial charge >= 0.3 is 0 Å². The van der Waals surface area contributed by atoms with Crippen molar-refractivity contribution in [2.75, 3.05) is 35.2 Å². The van der Waals surface area contributed by atoms with E-state index in [4.69, 9.17) is 0 Å². The lowest BCUT2D eigenvalue weighted by Crippen LogP contribution is -1.56. The third-order valence-corrected chi connectivity index (χ3v) is 4.24. The van der Waals surface area contributed by atoms with E-state index in [1.165, 1.54) is 10.2 Å². The van der Waals surface area contributed by atoms with Crippen LogP contribution in [0, 0.1) is 0 Å². The lowest BCUT2D eigenvalue weighted by Gasteiger charge is -1.80. The molecular weight excluding hydrogens is 200 g/mol. The third kappa shape index (κ3) is 22.7. The minimum atomic E-state index is 1.22. The first-order valence-electron chi connectivity index (χ1n) is 2.79. The van der Waals surface area contributed by atoms with E-state index in [2.05, 4.69) is 25.0 Å². The maximum absolute atomic E-state index is 2.11. The topological polar surface area (TPSA) is 0 Å². The molecule has 0 aromatic carbocycles. The Bertz CT molecular complexity index is 30.7. The second-order valence-corrected chi connectivity index (χ2v) is 5.59. The molecule has 0 aromatic heterocycles. The molecule has 0 amide bonds. The van der Waals surface area contributed by atoms with Crippen molar-refractivity contribution in [3.05, 3.63) is 0 Å². The summed E-state index contributed by atoms with van der Waals surface area (Å²) in [7, 11) is 0. The monoisotopic (exact) mass is 216 g/mol.